The molecule has 6 heteroatoms. The van der Waals surface area contributed by atoms with Gasteiger partial charge >= 0.3 is 0 Å². The van der Waals surface area contributed by atoms with Crippen LogP contribution in [0.1, 0.15) is 16.1 Å². The molecule has 1 aromatic rings. The maximum absolute atomic E-state index is 11.3. The van der Waals surface area contributed by atoms with E-state index >= 15 is 0 Å². The molecule has 1 saturated heterocycles. The van der Waals surface area contributed by atoms with Crippen molar-refractivity contribution in [1.29, 1.82) is 0 Å². The number of rotatable bonds is 3. The number of pyridine rings is 1. The predicted octanol–water partition coefficient (Wildman–Crippen LogP) is 0.666. The highest BCUT2D eigenvalue weighted by molar-refractivity contribution is 6.29. The summed E-state index contributed by atoms with van der Waals surface area (Å²) in [7, 11) is 0. The molecule has 0 aromatic carbocycles. The molecule has 1 aliphatic rings. The highest BCUT2D eigenvalue weighted by atomic mass is 35.5. The summed E-state index contributed by atoms with van der Waals surface area (Å²) in [5.41, 5.74) is 6.37. The van der Waals surface area contributed by atoms with Crippen LogP contribution in [0.4, 0.5) is 0 Å². The van der Waals surface area contributed by atoms with Crippen LogP contribution in [0.5, 0.6) is 0 Å². The van der Waals surface area contributed by atoms with Crippen molar-refractivity contribution in [2.24, 2.45) is 5.73 Å². The molecule has 2 heterocycles. The number of ether oxygens (including phenoxy) is 1. The number of primary amides is 1. The van der Waals surface area contributed by atoms with Crippen molar-refractivity contribution in [2.75, 3.05) is 26.3 Å². The van der Waals surface area contributed by atoms with Gasteiger partial charge in [-0.1, -0.05) is 11.6 Å². The Morgan fingerprint density at radius 2 is 2.18 bits per heavy atom. The Bertz CT molecular complexity index is 419. The van der Waals surface area contributed by atoms with Gasteiger partial charge in [0.05, 0.1) is 24.5 Å². The van der Waals surface area contributed by atoms with E-state index in [1.807, 2.05) is 0 Å². The first-order valence-corrected chi connectivity index (χ1v) is 5.80. The van der Waals surface area contributed by atoms with E-state index in [4.69, 9.17) is 22.1 Å². The van der Waals surface area contributed by atoms with Gasteiger partial charge in [-0.15, -0.1) is 0 Å². The van der Waals surface area contributed by atoms with Gasteiger partial charge in [-0.3, -0.25) is 9.69 Å². The average Bonchev–Trinajstić information content (AvgIpc) is 2.30. The highest BCUT2D eigenvalue weighted by Crippen LogP contribution is 2.14. The van der Waals surface area contributed by atoms with Gasteiger partial charge in [0, 0.05) is 19.6 Å². The molecule has 1 aromatic heterocycles. The largest absolute Gasteiger partial charge is 0.379 e. The lowest BCUT2D eigenvalue weighted by Gasteiger charge is -2.26. The van der Waals surface area contributed by atoms with Crippen molar-refractivity contribution in [1.82, 2.24) is 9.88 Å². The van der Waals surface area contributed by atoms with E-state index in [0.29, 0.717) is 36.2 Å². The van der Waals surface area contributed by atoms with E-state index in [-0.39, 0.29) is 0 Å². The fourth-order valence-electron chi connectivity index (χ4n) is 1.79. The van der Waals surface area contributed by atoms with Gasteiger partial charge in [0.25, 0.3) is 5.91 Å². The zero-order valence-electron chi connectivity index (χ0n) is 9.36. The lowest BCUT2D eigenvalue weighted by molar-refractivity contribution is 0.0335. The minimum atomic E-state index is -0.475. The number of carbonyl (C=O) groups is 1. The average molecular weight is 256 g/mol. The van der Waals surface area contributed by atoms with Gasteiger partial charge in [-0.2, -0.15) is 0 Å². The number of morpholine rings is 1. The third kappa shape index (κ3) is 3.15. The van der Waals surface area contributed by atoms with E-state index < -0.39 is 5.91 Å². The second-order valence-electron chi connectivity index (χ2n) is 3.88. The van der Waals surface area contributed by atoms with Gasteiger partial charge in [-0.25, -0.2) is 4.98 Å². The summed E-state index contributed by atoms with van der Waals surface area (Å²) in [6, 6.07) is 3.19. The predicted molar refractivity (Wildman–Crippen MR) is 63.9 cm³/mol. The molecule has 17 heavy (non-hydrogen) atoms. The Balaban J connectivity index is 2.17. The minimum Gasteiger partial charge on any atom is -0.379 e. The fourth-order valence-corrected chi connectivity index (χ4v) is 1.96. The van der Waals surface area contributed by atoms with Crippen LogP contribution in [0, 0.1) is 0 Å². The summed E-state index contributed by atoms with van der Waals surface area (Å²) in [6.07, 6.45) is 0. The molecule has 0 atom stereocenters. The van der Waals surface area contributed by atoms with E-state index in [1.165, 1.54) is 0 Å². The topological polar surface area (TPSA) is 68.5 Å². The van der Waals surface area contributed by atoms with Crippen LogP contribution in [-0.4, -0.2) is 42.1 Å². The first kappa shape index (κ1) is 12.3. The lowest BCUT2D eigenvalue weighted by atomic mass is 10.1. The molecule has 2 rings (SSSR count). The zero-order valence-corrected chi connectivity index (χ0v) is 10.1. The molecule has 0 spiro atoms. The normalized spacial score (nSPS) is 17.0. The molecule has 1 aliphatic heterocycles. The van der Waals surface area contributed by atoms with E-state index in [1.54, 1.807) is 12.1 Å². The SMILES string of the molecule is NC(=O)c1ccc(Cl)nc1CN1CCOCC1. The van der Waals surface area contributed by atoms with Crippen LogP contribution < -0.4 is 5.73 Å². The summed E-state index contributed by atoms with van der Waals surface area (Å²) >= 11 is 5.83. The lowest BCUT2D eigenvalue weighted by Crippen LogP contribution is -2.36. The third-order valence-electron chi connectivity index (χ3n) is 2.68. The van der Waals surface area contributed by atoms with Crippen LogP contribution in [-0.2, 0) is 11.3 Å². The molecule has 1 fully saturated rings. The van der Waals surface area contributed by atoms with Crippen LogP contribution in [0.25, 0.3) is 0 Å². The highest BCUT2D eigenvalue weighted by Gasteiger charge is 2.16. The first-order valence-electron chi connectivity index (χ1n) is 5.42. The smallest absolute Gasteiger partial charge is 0.250 e. The van der Waals surface area contributed by atoms with Crippen molar-refractivity contribution in [3.8, 4) is 0 Å². The van der Waals surface area contributed by atoms with Crippen molar-refractivity contribution < 1.29 is 9.53 Å². The molecule has 0 aliphatic carbocycles. The first-order chi connectivity index (χ1) is 8.16. The number of amides is 1. The molecule has 0 saturated carbocycles. The number of hydrogen-bond acceptors (Lipinski definition) is 4. The van der Waals surface area contributed by atoms with Crippen LogP contribution in [0.3, 0.4) is 0 Å². The summed E-state index contributed by atoms with van der Waals surface area (Å²) in [6.45, 7) is 3.62. The summed E-state index contributed by atoms with van der Waals surface area (Å²) < 4.78 is 5.26. The maximum atomic E-state index is 11.3. The molecule has 5 nitrogen and oxygen atoms in total. The maximum Gasteiger partial charge on any atom is 0.250 e. The standard InChI is InChI=1S/C11H14ClN3O2/c12-10-2-1-8(11(13)16)9(14-10)7-15-3-5-17-6-4-15/h1-2H,3-7H2,(H2,13,16). The second kappa shape index (κ2) is 5.44. The van der Waals surface area contributed by atoms with Crippen molar-refractivity contribution in [3.05, 3.63) is 28.5 Å². The summed E-state index contributed by atoms with van der Waals surface area (Å²) in [5, 5.41) is 0.373. The quantitative estimate of drug-likeness (QED) is 0.806. The van der Waals surface area contributed by atoms with E-state index in [2.05, 4.69) is 9.88 Å². The Kier molecular flexibility index (Phi) is 3.93. The fraction of sp³-hybridized carbons (Fsp3) is 0.455. The Morgan fingerprint density at radius 3 is 2.82 bits per heavy atom. The molecule has 1 amide bonds. The molecule has 0 radical (unpaired) electrons. The number of aromatic nitrogens is 1. The molecule has 0 bridgehead atoms. The van der Waals surface area contributed by atoms with Gasteiger partial charge in [0.1, 0.15) is 5.15 Å². The number of nitrogens with zero attached hydrogens (tertiary/aromatic N) is 2. The summed E-state index contributed by atoms with van der Waals surface area (Å²) in [4.78, 5) is 17.6. The van der Waals surface area contributed by atoms with E-state index in [0.717, 1.165) is 13.1 Å². The van der Waals surface area contributed by atoms with Gasteiger partial charge in [0.15, 0.2) is 0 Å². The van der Waals surface area contributed by atoms with Gasteiger partial charge in [0.2, 0.25) is 0 Å². The summed E-state index contributed by atoms with van der Waals surface area (Å²) in [5.74, 6) is -0.475. The van der Waals surface area contributed by atoms with E-state index in [9.17, 15) is 4.79 Å². The second-order valence-corrected chi connectivity index (χ2v) is 4.27. The Hall–Kier alpha value is -1.17. The number of hydrogen-bond donors (Lipinski definition) is 1. The number of halogens is 1. The zero-order chi connectivity index (χ0) is 12.3. The molecule has 0 unspecified atom stereocenters. The minimum absolute atomic E-state index is 0.373. The molecule has 92 valence electrons. The molecular weight excluding hydrogens is 242 g/mol. The molecule has 2 N–H and O–H groups in total. The number of carbonyl (C=O) groups excluding carboxylic acids is 1. The number of nitrogens with two attached hydrogens (primary N) is 1. The Morgan fingerprint density at radius 1 is 1.47 bits per heavy atom. The van der Waals surface area contributed by atoms with Crippen LogP contribution >= 0.6 is 11.6 Å². The van der Waals surface area contributed by atoms with Gasteiger partial charge < -0.3 is 10.5 Å². The van der Waals surface area contributed by atoms with Crippen LogP contribution in [0.2, 0.25) is 5.15 Å². The third-order valence-corrected chi connectivity index (χ3v) is 2.89. The van der Waals surface area contributed by atoms with Crippen LogP contribution in [0.15, 0.2) is 12.1 Å². The van der Waals surface area contributed by atoms with Crippen molar-refractivity contribution >= 4 is 17.5 Å². The van der Waals surface area contributed by atoms with Crippen molar-refractivity contribution in [3.63, 3.8) is 0 Å². The molecular formula is C11H14ClN3O2. The van der Waals surface area contributed by atoms with Gasteiger partial charge in [-0.05, 0) is 12.1 Å². The monoisotopic (exact) mass is 255 g/mol. The Labute approximate surface area is 105 Å². The van der Waals surface area contributed by atoms with Crippen molar-refractivity contribution in [2.45, 2.75) is 6.54 Å².